The van der Waals surface area contributed by atoms with E-state index in [-0.39, 0.29) is 12.5 Å². The first kappa shape index (κ1) is 16.0. The molecular formula is C14H20ClNO3. The molecule has 1 unspecified atom stereocenters. The maximum Gasteiger partial charge on any atom is 0.320 e. The molecule has 0 spiro atoms. The maximum absolute atomic E-state index is 11.4. The minimum absolute atomic E-state index is 0.172. The SMILES string of the molecule is CCOC(=O)CN(CC)CC(O)c1ccccc1Cl. The number of halogens is 1. The van der Waals surface area contributed by atoms with E-state index in [1.54, 1.807) is 19.1 Å². The number of aliphatic hydroxyl groups excluding tert-OH is 1. The van der Waals surface area contributed by atoms with E-state index in [0.717, 1.165) is 0 Å². The van der Waals surface area contributed by atoms with Crippen LogP contribution in [0.1, 0.15) is 25.5 Å². The van der Waals surface area contributed by atoms with Gasteiger partial charge < -0.3 is 9.84 Å². The van der Waals surface area contributed by atoms with Gasteiger partial charge in [-0.15, -0.1) is 0 Å². The smallest absolute Gasteiger partial charge is 0.320 e. The molecule has 0 aliphatic heterocycles. The van der Waals surface area contributed by atoms with Crippen LogP contribution >= 0.6 is 11.6 Å². The predicted molar refractivity (Wildman–Crippen MR) is 75.2 cm³/mol. The van der Waals surface area contributed by atoms with Gasteiger partial charge in [-0.05, 0) is 19.5 Å². The summed E-state index contributed by atoms with van der Waals surface area (Å²) < 4.78 is 4.90. The highest BCUT2D eigenvalue weighted by Crippen LogP contribution is 2.23. The molecule has 1 N–H and O–H groups in total. The van der Waals surface area contributed by atoms with Gasteiger partial charge in [0.25, 0.3) is 0 Å². The van der Waals surface area contributed by atoms with Gasteiger partial charge in [0.1, 0.15) is 0 Å². The molecule has 1 aromatic carbocycles. The Hall–Kier alpha value is -1.10. The fraction of sp³-hybridized carbons (Fsp3) is 0.500. The highest BCUT2D eigenvalue weighted by Gasteiger charge is 2.17. The quantitative estimate of drug-likeness (QED) is 0.781. The largest absolute Gasteiger partial charge is 0.465 e. The number of nitrogens with zero attached hydrogens (tertiary/aromatic N) is 1. The Balaban J connectivity index is 2.60. The number of aliphatic hydroxyl groups is 1. The van der Waals surface area contributed by atoms with Crippen LogP contribution in [0.5, 0.6) is 0 Å². The van der Waals surface area contributed by atoms with Gasteiger partial charge in [0.2, 0.25) is 0 Å². The zero-order valence-corrected chi connectivity index (χ0v) is 12.1. The Morgan fingerprint density at radius 1 is 1.42 bits per heavy atom. The number of carbonyl (C=O) groups is 1. The standard InChI is InChI=1S/C14H20ClNO3/c1-3-16(10-14(18)19-4-2)9-13(17)11-7-5-6-8-12(11)15/h5-8,13,17H,3-4,9-10H2,1-2H3. The lowest BCUT2D eigenvalue weighted by molar-refractivity contribution is -0.144. The third kappa shape index (κ3) is 5.19. The Bertz CT molecular complexity index is 411. The molecule has 1 atom stereocenters. The van der Waals surface area contributed by atoms with E-state index >= 15 is 0 Å². The number of carbonyl (C=O) groups excluding carboxylic acids is 1. The van der Waals surface area contributed by atoms with E-state index in [4.69, 9.17) is 16.3 Å². The van der Waals surface area contributed by atoms with E-state index in [1.807, 2.05) is 24.0 Å². The number of hydrogen-bond acceptors (Lipinski definition) is 4. The summed E-state index contributed by atoms with van der Waals surface area (Å²) in [5, 5.41) is 10.7. The number of hydrogen-bond donors (Lipinski definition) is 1. The highest BCUT2D eigenvalue weighted by molar-refractivity contribution is 6.31. The van der Waals surface area contributed by atoms with Crippen molar-refractivity contribution in [3.8, 4) is 0 Å². The summed E-state index contributed by atoms with van der Waals surface area (Å²) >= 11 is 6.03. The van der Waals surface area contributed by atoms with Crippen LogP contribution < -0.4 is 0 Å². The molecule has 19 heavy (non-hydrogen) atoms. The summed E-state index contributed by atoms with van der Waals surface area (Å²) in [6.45, 7) is 5.24. The molecule has 4 nitrogen and oxygen atoms in total. The van der Waals surface area contributed by atoms with Crippen LogP contribution in [0.2, 0.25) is 5.02 Å². The van der Waals surface area contributed by atoms with Crippen molar-refractivity contribution in [2.45, 2.75) is 20.0 Å². The lowest BCUT2D eigenvalue weighted by atomic mass is 10.1. The number of ether oxygens (including phenoxy) is 1. The number of esters is 1. The van der Waals surface area contributed by atoms with Crippen molar-refractivity contribution in [1.29, 1.82) is 0 Å². The van der Waals surface area contributed by atoms with Crippen molar-refractivity contribution >= 4 is 17.6 Å². The molecule has 5 heteroatoms. The van der Waals surface area contributed by atoms with Crippen molar-refractivity contribution in [1.82, 2.24) is 4.90 Å². The predicted octanol–water partition coefficient (Wildman–Crippen LogP) is 2.26. The van der Waals surface area contributed by atoms with Crippen LogP contribution in [0.4, 0.5) is 0 Å². The number of rotatable bonds is 7. The molecular weight excluding hydrogens is 266 g/mol. The molecule has 0 radical (unpaired) electrons. The summed E-state index contributed by atoms with van der Waals surface area (Å²) in [4.78, 5) is 13.3. The number of likely N-dealkylation sites (N-methyl/N-ethyl adjacent to an activating group) is 1. The lowest BCUT2D eigenvalue weighted by Crippen LogP contribution is -2.34. The van der Waals surface area contributed by atoms with Crippen molar-refractivity contribution in [3.05, 3.63) is 34.9 Å². The topological polar surface area (TPSA) is 49.8 Å². The first-order valence-electron chi connectivity index (χ1n) is 6.38. The summed E-state index contributed by atoms with van der Waals surface area (Å²) in [5.41, 5.74) is 0.673. The number of benzene rings is 1. The van der Waals surface area contributed by atoms with Crippen molar-refractivity contribution in [2.75, 3.05) is 26.2 Å². The van der Waals surface area contributed by atoms with Crippen molar-refractivity contribution < 1.29 is 14.6 Å². The van der Waals surface area contributed by atoms with Gasteiger partial charge in [-0.2, -0.15) is 0 Å². The highest BCUT2D eigenvalue weighted by atomic mass is 35.5. The molecule has 0 fully saturated rings. The second kappa shape index (κ2) is 8.15. The van der Waals surface area contributed by atoms with Crippen LogP contribution in [0.25, 0.3) is 0 Å². The second-order valence-electron chi connectivity index (χ2n) is 4.17. The third-order valence-corrected chi connectivity index (χ3v) is 3.14. The van der Waals surface area contributed by atoms with Gasteiger partial charge in [0, 0.05) is 17.1 Å². The Labute approximate surface area is 118 Å². The second-order valence-corrected chi connectivity index (χ2v) is 4.58. The molecule has 0 heterocycles. The van der Waals surface area contributed by atoms with Crippen LogP contribution in [0, 0.1) is 0 Å². The minimum Gasteiger partial charge on any atom is -0.465 e. The van der Waals surface area contributed by atoms with Gasteiger partial charge in [-0.3, -0.25) is 9.69 Å². The van der Waals surface area contributed by atoms with E-state index in [2.05, 4.69) is 0 Å². The zero-order chi connectivity index (χ0) is 14.3. The fourth-order valence-electron chi connectivity index (χ4n) is 1.78. The molecule has 0 bridgehead atoms. The molecule has 1 aromatic rings. The van der Waals surface area contributed by atoms with Crippen LogP contribution in [0.3, 0.4) is 0 Å². The Morgan fingerprint density at radius 2 is 2.11 bits per heavy atom. The van der Waals surface area contributed by atoms with Crippen molar-refractivity contribution in [2.24, 2.45) is 0 Å². The summed E-state index contributed by atoms with van der Waals surface area (Å²) in [6, 6.07) is 7.16. The van der Waals surface area contributed by atoms with Gasteiger partial charge in [0.15, 0.2) is 0 Å². The molecule has 0 saturated heterocycles. The summed E-state index contributed by atoms with van der Waals surface area (Å²) in [7, 11) is 0. The minimum atomic E-state index is -0.719. The molecule has 0 amide bonds. The average Bonchev–Trinajstić information content (AvgIpc) is 2.38. The van der Waals surface area contributed by atoms with Crippen LogP contribution in [0.15, 0.2) is 24.3 Å². The van der Waals surface area contributed by atoms with Gasteiger partial charge in [-0.25, -0.2) is 0 Å². The third-order valence-electron chi connectivity index (χ3n) is 2.80. The van der Waals surface area contributed by atoms with Crippen molar-refractivity contribution in [3.63, 3.8) is 0 Å². The molecule has 106 valence electrons. The molecule has 0 aliphatic rings. The van der Waals surface area contributed by atoms with E-state index in [1.165, 1.54) is 0 Å². The normalized spacial score (nSPS) is 12.5. The Morgan fingerprint density at radius 3 is 2.68 bits per heavy atom. The van der Waals surface area contributed by atoms with Gasteiger partial charge in [-0.1, -0.05) is 36.7 Å². The van der Waals surface area contributed by atoms with E-state index < -0.39 is 6.10 Å². The first-order valence-corrected chi connectivity index (χ1v) is 6.76. The molecule has 1 rings (SSSR count). The summed E-state index contributed by atoms with van der Waals surface area (Å²) in [5.74, 6) is -0.282. The molecule has 0 aromatic heterocycles. The molecule has 0 aliphatic carbocycles. The lowest BCUT2D eigenvalue weighted by Gasteiger charge is -2.23. The van der Waals surface area contributed by atoms with Gasteiger partial charge in [0.05, 0.1) is 19.3 Å². The fourth-order valence-corrected chi connectivity index (χ4v) is 2.04. The van der Waals surface area contributed by atoms with E-state index in [0.29, 0.717) is 30.3 Å². The Kier molecular flexibility index (Phi) is 6.84. The van der Waals surface area contributed by atoms with E-state index in [9.17, 15) is 9.90 Å². The average molecular weight is 286 g/mol. The maximum atomic E-state index is 11.4. The van der Waals surface area contributed by atoms with Crippen LogP contribution in [-0.2, 0) is 9.53 Å². The summed E-state index contributed by atoms with van der Waals surface area (Å²) in [6.07, 6.45) is -0.719. The van der Waals surface area contributed by atoms with Gasteiger partial charge >= 0.3 is 5.97 Å². The molecule has 0 saturated carbocycles. The monoisotopic (exact) mass is 285 g/mol. The zero-order valence-electron chi connectivity index (χ0n) is 11.3. The first-order chi connectivity index (χ1) is 9.08. The van der Waals surface area contributed by atoms with Crippen LogP contribution in [-0.4, -0.2) is 42.2 Å².